The first kappa shape index (κ1) is 16.0. The molecule has 0 saturated heterocycles. The molecule has 0 aliphatic carbocycles. The summed E-state index contributed by atoms with van der Waals surface area (Å²) in [6.07, 6.45) is 0.515. The van der Waals surface area contributed by atoms with E-state index in [1.54, 1.807) is 12.1 Å². The van der Waals surface area contributed by atoms with Crippen LogP contribution >= 0.6 is 11.6 Å². The van der Waals surface area contributed by atoms with Crippen molar-refractivity contribution in [1.82, 2.24) is 5.32 Å². The maximum Gasteiger partial charge on any atom is 0.335 e. The van der Waals surface area contributed by atoms with Crippen molar-refractivity contribution in [1.29, 1.82) is 0 Å². The minimum Gasteiger partial charge on any atom is -0.478 e. The van der Waals surface area contributed by atoms with Crippen LogP contribution in [0.25, 0.3) is 0 Å². The SMILES string of the molecule is O=C(O)c1ccc(CCNC(=O)c2ccc(Cl)cc2F)cc1. The second-order valence-electron chi connectivity index (χ2n) is 4.63. The summed E-state index contributed by atoms with van der Waals surface area (Å²) in [4.78, 5) is 22.6. The van der Waals surface area contributed by atoms with Crippen molar-refractivity contribution < 1.29 is 19.1 Å². The summed E-state index contributed by atoms with van der Waals surface area (Å²) in [6.45, 7) is 0.313. The molecule has 22 heavy (non-hydrogen) atoms. The molecule has 2 aromatic carbocycles. The van der Waals surface area contributed by atoms with Gasteiger partial charge in [-0.2, -0.15) is 0 Å². The minimum absolute atomic E-state index is 0.0642. The van der Waals surface area contributed by atoms with Crippen LogP contribution in [-0.4, -0.2) is 23.5 Å². The highest BCUT2D eigenvalue weighted by atomic mass is 35.5. The number of amides is 1. The van der Waals surface area contributed by atoms with Gasteiger partial charge in [-0.15, -0.1) is 0 Å². The zero-order valence-corrected chi connectivity index (χ0v) is 12.2. The number of carbonyl (C=O) groups excluding carboxylic acids is 1. The molecule has 0 aromatic heterocycles. The van der Waals surface area contributed by atoms with Gasteiger partial charge in [0.25, 0.3) is 5.91 Å². The summed E-state index contributed by atoms with van der Waals surface area (Å²) < 4.78 is 13.6. The first-order valence-electron chi connectivity index (χ1n) is 6.53. The molecule has 6 heteroatoms. The van der Waals surface area contributed by atoms with E-state index in [0.29, 0.717) is 13.0 Å². The molecule has 1 amide bonds. The van der Waals surface area contributed by atoms with E-state index in [2.05, 4.69) is 5.32 Å². The molecule has 4 nitrogen and oxygen atoms in total. The van der Waals surface area contributed by atoms with Crippen LogP contribution in [0.4, 0.5) is 4.39 Å². The molecule has 114 valence electrons. The maximum atomic E-state index is 13.6. The number of benzene rings is 2. The molecular weight excluding hydrogens is 309 g/mol. The Hall–Kier alpha value is -2.40. The lowest BCUT2D eigenvalue weighted by Gasteiger charge is -2.07. The fourth-order valence-electron chi connectivity index (χ4n) is 1.90. The van der Waals surface area contributed by atoms with Gasteiger partial charge >= 0.3 is 5.97 Å². The summed E-state index contributed by atoms with van der Waals surface area (Å²) in [5.74, 6) is -2.18. The van der Waals surface area contributed by atoms with Crippen LogP contribution in [0.15, 0.2) is 42.5 Å². The molecule has 2 N–H and O–H groups in total. The van der Waals surface area contributed by atoms with E-state index in [1.807, 2.05) is 0 Å². The summed E-state index contributed by atoms with van der Waals surface area (Å²) in [5, 5.41) is 11.6. The van der Waals surface area contributed by atoms with Crippen molar-refractivity contribution >= 4 is 23.5 Å². The second-order valence-corrected chi connectivity index (χ2v) is 5.07. The number of halogens is 2. The smallest absolute Gasteiger partial charge is 0.335 e. The number of rotatable bonds is 5. The molecule has 0 bridgehead atoms. The van der Waals surface area contributed by atoms with Gasteiger partial charge < -0.3 is 10.4 Å². The van der Waals surface area contributed by atoms with Gasteiger partial charge in [0.05, 0.1) is 11.1 Å². The zero-order chi connectivity index (χ0) is 16.1. The lowest BCUT2D eigenvalue weighted by atomic mass is 10.1. The van der Waals surface area contributed by atoms with Crippen LogP contribution in [0.1, 0.15) is 26.3 Å². The Bertz CT molecular complexity index is 701. The third-order valence-electron chi connectivity index (χ3n) is 3.08. The first-order valence-corrected chi connectivity index (χ1v) is 6.90. The number of carboxylic acids is 1. The minimum atomic E-state index is -0.988. The molecule has 0 aliphatic heterocycles. The number of hydrogen-bond donors (Lipinski definition) is 2. The van der Waals surface area contributed by atoms with Crippen LogP contribution in [0.3, 0.4) is 0 Å². The van der Waals surface area contributed by atoms with Gasteiger partial charge in [-0.3, -0.25) is 4.79 Å². The third-order valence-corrected chi connectivity index (χ3v) is 3.31. The van der Waals surface area contributed by atoms with Crippen molar-refractivity contribution in [3.63, 3.8) is 0 Å². The molecule has 0 fully saturated rings. The molecule has 2 aromatic rings. The Morgan fingerprint density at radius 1 is 1.14 bits per heavy atom. The fourth-order valence-corrected chi connectivity index (χ4v) is 2.06. The zero-order valence-electron chi connectivity index (χ0n) is 11.5. The van der Waals surface area contributed by atoms with E-state index < -0.39 is 17.7 Å². The number of carbonyl (C=O) groups is 2. The standard InChI is InChI=1S/C16H13ClFNO3/c17-12-5-6-13(14(18)9-12)15(20)19-8-7-10-1-3-11(4-2-10)16(21)22/h1-6,9H,7-8H2,(H,19,20)(H,21,22). The topological polar surface area (TPSA) is 66.4 Å². The van der Waals surface area contributed by atoms with Crippen molar-refractivity contribution in [2.75, 3.05) is 6.54 Å². The average Bonchev–Trinajstić information content (AvgIpc) is 2.47. The van der Waals surface area contributed by atoms with E-state index in [4.69, 9.17) is 16.7 Å². The lowest BCUT2D eigenvalue weighted by molar-refractivity contribution is 0.0696. The van der Waals surface area contributed by atoms with Crippen molar-refractivity contribution in [2.45, 2.75) is 6.42 Å². The quantitative estimate of drug-likeness (QED) is 0.889. The molecular formula is C16H13ClFNO3. The Labute approximate surface area is 131 Å². The molecule has 0 unspecified atom stereocenters. The van der Waals surface area contributed by atoms with E-state index in [1.165, 1.54) is 24.3 Å². The highest BCUT2D eigenvalue weighted by Crippen LogP contribution is 2.14. The Balaban J connectivity index is 1.90. The highest BCUT2D eigenvalue weighted by molar-refractivity contribution is 6.30. The fraction of sp³-hybridized carbons (Fsp3) is 0.125. The molecule has 2 rings (SSSR count). The van der Waals surface area contributed by atoms with Crippen LogP contribution in [0.5, 0.6) is 0 Å². The lowest BCUT2D eigenvalue weighted by Crippen LogP contribution is -2.26. The van der Waals surface area contributed by atoms with Crippen LogP contribution in [0.2, 0.25) is 5.02 Å². The molecule has 0 heterocycles. The van der Waals surface area contributed by atoms with E-state index in [-0.39, 0.29) is 16.1 Å². The number of aromatic carboxylic acids is 1. The van der Waals surface area contributed by atoms with Crippen LogP contribution < -0.4 is 5.32 Å². The van der Waals surface area contributed by atoms with E-state index in [0.717, 1.165) is 11.6 Å². The van der Waals surface area contributed by atoms with Crippen LogP contribution in [0, 0.1) is 5.82 Å². The van der Waals surface area contributed by atoms with E-state index in [9.17, 15) is 14.0 Å². The molecule has 0 aliphatic rings. The van der Waals surface area contributed by atoms with Crippen LogP contribution in [-0.2, 0) is 6.42 Å². The van der Waals surface area contributed by atoms with E-state index >= 15 is 0 Å². The van der Waals surface area contributed by atoms with Gasteiger partial charge in [0.2, 0.25) is 0 Å². The van der Waals surface area contributed by atoms with Crippen molar-refractivity contribution in [3.05, 3.63) is 70.0 Å². The monoisotopic (exact) mass is 321 g/mol. The van der Waals surface area contributed by atoms with Gasteiger partial charge in [0, 0.05) is 11.6 Å². The summed E-state index contributed by atoms with van der Waals surface area (Å²) in [6, 6.07) is 10.2. The number of carboxylic acid groups (broad SMARTS) is 1. The van der Waals surface area contributed by atoms with Gasteiger partial charge in [-0.1, -0.05) is 23.7 Å². The van der Waals surface area contributed by atoms with Gasteiger partial charge in [-0.05, 0) is 42.3 Å². The predicted octanol–water partition coefficient (Wildman–Crippen LogP) is 3.15. The number of hydrogen-bond acceptors (Lipinski definition) is 2. The summed E-state index contributed by atoms with van der Waals surface area (Å²) in [5.41, 5.74) is 1.02. The van der Waals surface area contributed by atoms with Gasteiger partial charge in [0.1, 0.15) is 5.82 Å². The molecule has 0 spiro atoms. The third kappa shape index (κ3) is 4.05. The largest absolute Gasteiger partial charge is 0.478 e. The summed E-state index contributed by atoms with van der Waals surface area (Å²) >= 11 is 5.63. The summed E-state index contributed by atoms with van der Waals surface area (Å²) in [7, 11) is 0. The molecule has 0 saturated carbocycles. The Kier molecular flexibility index (Phi) is 5.12. The van der Waals surface area contributed by atoms with Gasteiger partial charge in [-0.25, -0.2) is 9.18 Å². The number of nitrogens with one attached hydrogen (secondary N) is 1. The Morgan fingerprint density at radius 2 is 1.82 bits per heavy atom. The normalized spacial score (nSPS) is 10.3. The molecule has 0 radical (unpaired) electrons. The average molecular weight is 322 g/mol. The second kappa shape index (κ2) is 7.04. The maximum absolute atomic E-state index is 13.6. The Morgan fingerprint density at radius 3 is 2.41 bits per heavy atom. The molecule has 0 atom stereocenters. The van der Waals surface area contributed by atoms with Gasteiger partial charge in [0.15, 0.2) is 0 Å². The van der Waals surface area contributed by atoms with Crippen molar-refractivity contribution in [3.8, 4) is 0 Å². The predicted molar refractivity (Wildman–Crippen MR) is 80.8 cm³/mol. The highest BCUT2D eigenvalue weighted by Gasteiger charge is 2.11. The van der Waals surface area contributed by atoms with Crippen molar-refractivity contribution in [2.24, 2.45) is 0 Å². The first-order chi connectivity index (χ1) is 10.5.